The minimum Gasteiger partial charge on any atom is -0.442 e. The quantitative estimate of drug-likeness (QED) is 0.617. The molecule has 6 heteroatoms. The van der Waals surface area contributed by atoms with E-state index in [0.29, 0.717) is 12.2 Å². The van der Waals surface area contributed by atoms with Gasteiger partial charge in [0.1, 0.15) is 5.82 Å². The summed E-state index contributed by atoms with van der Waals surface area (Å²) in [5, 5.41) is 5.16. The van der Waals surface area contributed by atoms with Gasteiger partial charge in [-0.3, -0.25) is 9.59 Å². The summed E-state index contributed by atoms with van der Waals surface area (Å²) in [6.45, 7) is 3.54. The van der Waals surface area contributed by atoms with Crippen molar-refractivity contribution in [3.8, 4) is 0 Å². The first-order valence-corrected chi connectivity index (χ1v) is 5.31. The Kier molecular flexibility index (Phi) is 4.25. The Morgan fingerprint density at radius 1 is 1.44 bits per heavy atom. The molecule has 0 atom stereocenters. The molecule has 0 aliphatic heterocycles. The first-order valence-electron chi connectivity index (χ1n) is 5.31. The molecule has 5 nitrogen and oxygen atoms in total. The maximum atomic E-state index is 13.6. The number of amides is 1. The molecule has 0 spiro atoms. The molecule has 0 saturated carbocycles. The van der Waals surface area contributed by atoms with Crippen LogP contribution in [-0.4, -0.2) is 25.2 Å². The molecule has 1 aromatic carbocycles. The zero-order valence-electron chi connectivity index (χ0n) is 10.4. The maximum absolute atomic E-state index is 13.6. The summed E-state index contributed by atoms with van der Waals surface area (Å²) in [6.07, 6.45) is 0. The Morgan fingerprint density at radius 2 is 2.11 bits per heavy atom. The van der Waals surface area contributed by atoms with Crippen molar-refractivity contribution in [1.82, 2.24) is 5.32 Å². The lowest BCUT2D eigenvalue weighted by atomic mass is 10.1. The van der Waals surface area contributed by atoms with Crippen LogP contribution in [0.15, 0.2) is 18.2 Å². The number of ether oxygens (including phenoxy) is 1. The number of nitrogens with one attached hydrogen (secondary N) is 2. The fraction of sp³-hybridized carbons (Fsp3) is 0.333. The molecule has 2 N–H and O–H groups in total. The molecule has 0 aliphatic carbocycles. The third-order valence-corrected chi connectivity index (χ3v) is 2.23. The lowest BCUT2D eigenvalue weighted by Crippen LogP contribution is -2.33. The highest BCUT2D eigenvalue weighted by Gasteiger charge is 2.19. The first-order chi connectivity index (χ1) is 8.39. The minimum absolute atomic E-state index is 0.0443. The van der Waals surface area contributed by atoms with Crippen molar-refractivity contribution in [2.75, 3.05) is 12.4 Å². The van der Waals surface area contributed by atoms with Crippen molar-refractivity contribution < 1.29 is 18.7 Å². The van der Waals surface area contributed by atoms with Gasteiger partial charge in [-0.1, -0.05) is 0 Å². The van der Waals surface area contributed by atoms with Crippen LogP contribution < -0.4 is 10.6 Å². The Bertz CT molecular complexity index is 461. The van der Waals surface area contributed by atoms with E-state index in [-0.39, 0.29) is 5.56 Å². The Labute approximate surface area is 104 Å². The minimum atomic E-state index is -0.956. The highest BCUT2D eigenvalue weighted by Crippen LogP contribution is 2.19. The zero-order valence-corrected chi connectivity index (χ0v) is 10.4. The summed E-state index contributed by atoms with van der Waals surface area (Å²) in [4.78, 5) is 21.6. The van der Waals surface area contributed by atoms with Gasteiger partial charge in [0.15, 0.2) is 5.72 Å². The Morgan fingerprint density at radius 3 is 2.61 bits per heavy atom. The average molecular weight is 254 g/mol. The van der Waals surface area contributed by atoms with Crippen LogP contribution in [0.1, 0.15) is 24.2 Å². The van der Waals surface area contributed by atoms with Crippen LogP contribution >= 0.6 is 0 Å². The van der Waals surface area contributed by atoms with E-state index in [1.807, 2.05) is 0 Å². The highest BCUT2D eigenvalue weighted by molar-refractivity contribution is 5.94. The van der Waals surface area contributed by atoms with Crippen LogP contribution in [0.4, 0.5) is 10.1 Å². The molecule has 1 rings (SSSR count). The van der Waals surface area contributed by atoms with E-state index >= 15 is 0 Å². The van der Waals surface area contributed by atoms with Crippen molar-refractivity contribution in [3.63, 3.8) is 0 Å². The van der Waals surface area contributed by atoms with Gasteiger partial charge in [0.2, 0.25) is 0 Å². The van der Waals surface area contributed by atoms with Gasteiger partial charge in [-0.15, -0.1) is 0 Å². The topological polar surface area (TPSA) is 67.4 Å². The molecule has 18 heavy (non-hydrogen) atoms. The van der Waals surface area contributed by atoms with Crippen LogP contribution in [0.25, 0.3) is 0 Å². The molecule has 0 aromatic heterocycles. The average Bonchev–Trinajstić information content (AvgIpc) is 2.27. The van der Waals surface area contributed by atoms with Crippen LogP contribution in [-0.2, 0) is 9.53 Å². The Hall–Kier alpha value is -2.11. The molecule has 0 saturated heterocycles. The predicted octanol–water partition coefficient (Wildman–Crippen LogP) is 1.51. The third kappa shape index (κ3) is 3.44. The number of benzene rings is 1. The fourth-order valence-electron chi connectivity index (χ4n) is 1.41. The van der Waals surface area contributed by atoms with Gasteiger partial charge in [0.25, 0.3) is 12.4 Å². The summed E-state index contributed by atoms with van der Waals surface area (Å²) < 4.78 is 18.4. The lowest BCUT2D eigenvalue weighted by Gasteiger charge is -2.25. The van der Waals surface area contributed by atoms with E-state index in [1.54, 1.807) is 13.8 Å². The summed E-state index contributed by atoms with van der Waals surface area (Å²) in [5.41, 5.74) is -0.591. The summed E-state index contributed by atoms with van der Waals surface area (Å²) in [7, 11) is 1.43. The number of hydrogen-bond donors (Lipinski definition) is 2. The van der Waals surface area contributed by atoms with Crippen molar-refractivity contribution in [3.05, 3.63) is 29.6 Å². The molecular formula is C12H15FN2O3. The van der Waals surface area contributed by atoms with Gasteiger partial charge < -0.3 is 15.4 Å². The standard InChI is InChI=1S/C12H15FN2O3/c1-12(2,18-7-16)15-8-4-5-9(10(13)6-8)11(17)14-3/h4-7,15H,1-3H3,(H,14,17). The van der Waals surface area contributed by atoms with Crippen molar-refractivity contribution in [2.45, 2.75) is 19.6 Å². The molecule has 98 valence electrons. The second-order valence-electron chi connectivity index (χ2n) is 4.12. The van der Waals surface area contributed by atoms with Gasteiger partial charge in [-0.25, -0.2) is 4.39 Å². The fourth-order valence-corrected chi connectivity index (χ4v) is 1.41. The molecule has 1 amide bonds. The molecule has 0 unspecified atom stereocenters. The molecule has 0 aliphatic rings. The summed E-state index contributed by atoms with van der Waals surface area (Å²) in [6, 6.07) is 4.05. The van der Waals surface area contributed by atoms with Gasteiger partial charge in [-0.2, -0.15) is 0 Å². The molecule has 0 radical (unpaired) electrons. The van der Waals surface area contributed by atoms with Crippen molar-refractivity contribution in [2.24, 2.45) is 0 Å². The van der Waals surface area contributed by atoms with Gasteiger partial charge in [0.05, 0.1) is 5.56 Å². The molecule has 1 aromatic rings. The lowest BCUT2D eigenvalue weighted by molar-refractivity contribution is -0.137. The Balaban J connectivity index is 2.91. The number of anilines is 1. The number of hydrogen-bond acceptors (Lipinski definition) is 4. The number of carbonyl (C=O) groups is 2. The van der Waals surface area contributed by atoms with E-state index in [4.69, 9.17) is 4.74 Å². The molecule has 0 fully saturated rings. The third-order valence-electron chi connectivity index (χ3n) is 2.23. The second-order valence-corrected chi connectivity index (χ2v) is 4.12. The van der Waals surface area contributed by atoms with Crippen LogP contribution in [0.3, 0.4) is 0 Å². The zero-order chi connectivity index (χ0) is 13.8. The number of carbonyl (C=O) groups excluding carboxylic acids is 2. The maximum Gasteiger partial charge on any atom is 0.295 e. The first kappa shape index (κ1) is 14.0. The molecule has 0 heterocycles. The van der Waals surface area contributed by atoms with Gasteiger partial charge in [0, 0.05) is 12.7 Å². The van der Waals surface area contributed by atoms with E-state index in [1.165, 1.54) is 25.2 Å². The van der Waals surface area contributed by atoms with E-state index in [9.17, 15) is 14.0 Å². The second kappa shape index (κ2) is 5.48. The number of rotatable bonds is 5. The summed E-state index contributed by atoms with van der Waals surface area (Å²) in [5.74, 6) is -1.15. The van der Waals surface area contributed by atoms with Gasteiger partial charge in [-0.05, 0) is 32.0 Å². The highest BCUT2D eigenvalue weighted by atomic mass is 19.1. The van der Waals surface area contributed by atoms with Crippen molar-refractivity contribution in [1.29, 1.82) is 0 Å². The van der Waals surface area contributed by atoms with E-state index in [0.717, 1.165) is 0 Å². The smallest absolute Gasteiger partial charge is 0.295 e. The summed E-state index contributed by atoms with van der Waals surface area (Å²) >= 11 is 0. The number of halogens is 1. The SMILES string of the molecule is CNC(=O)c1ccc(NC(C)(C)OC=O)cc1F. The normalized spacial score (nSPS) is 10.7. The predicted molar refractivity (Wildman–Crippen MR) is 64.6 cm³/mol. The van der Waals surface area contributed by atoms with E-state index in [2.05, 4.69) is 10.6 Å². The van der Waals surface area contributed by atoms with Crippen LogP contribution in [0.2, 0.25) is 0 Å². The molecule has 0 bridgehead atoms. The monoisotopic (exact) mass is 254 g/mol. The van der Waals surface area contributed by atoms with E-state index < -0.39 is 17.4 Å². The van der Waals surface area contributed by atoms with Gasteiger partial charge >= 0.3 is 0 Å². The van der Waals surface area contributed by atoms with Crippen molar-refractivity contribution >= 4 is 18.1 Å². The largest absolute Gasteiger partial charge is 0.442 e. The molecular weight excluding hydrogens is 239 g/mol. The van der Waals surface area contributed by atoms with Crippen LogP contribution in [0.5, 0.6) is 0 Å². The van der Waals surface area contributed by atoms with Crippen LogP contribution in [0, 0.1) is 5.82 Å².